The molecule has 1 heterocycles. The van der Waals surface area contributed by atoms with Gasteiger partial charge in [0.25, 0.3) is 11.6 Å². The molecule has 3 aromatic rings. The first-order valence-electron chi connectivity index (χ1n) is 10.1. The van der Waals surface area contributed by atoms with Gasteiger partial charge in [-0.3, -0.25) is 25.1 Å². The molecule has 0 saturated carbocycles. The van der Waals surface area contributed by atoms with Gasteiger partial charge in [-0.15, -0.1) is 0 Å². The van der Waals surface area contributed by atoms with Gasteiger partial charge in [0.15, 0.2) is 0 Å². The number of amides is 3. The minimum atomic E-state index is -0.878. The van der Waals surface area contributed by atoms with Gasteiger partial charge >= 0.3 is 12.0 Å². The highest BCUT2D eigenvalue weighted by Crippen LogP contribution is 2.32. The topological polar surface area (TPSA) is 128 Å². The molecule has 0 unspecified atom stereocenters. The molecule has 0 radical (unpaired) electrons. The van der Waals surface area contributed by atoms with Gasteiger partial charge in [0.2, 0.25) is 0 Å². The zero-order valence-electron chi connectivity index (χ0n) is 17.9. The maximum Gasteiger partial charge on any atom is 0.328 e. The first-order valence-corrected chi connectivity index (χ1v) is 11.3. The molecule has 3 amide bonds. The molecule has 0 spiro atoms. The Labute approximate surface area is 208 Å². The number of ether oxygens (including phenoxy) is 1. The van der Waals surface area contributed by atoms with Crippen molar-refractivity contribution in [1.29, 1.82) is 0 Å². The number of imide groups is 1. The van der Waals surface area contributed by atoms with Gasteiger partial charge in [-0.2, -0.15) is 0 Å². The fraction of sp³-hybridized carbons (Fsp3) is 0.182. The number of hydrogen-bond acceptors (Lipinski definition) is 7. The van der Waals surface area contributed by atoms with Crippen molar-refractivity contribution in [3.8, 4) is 11.8 Å². The molecule has 1 N–H and O–H groups in total. The fourth-order valence-electron chi connectivity index (χ4n) is 2.91. The monoisotopic (exact) mass is 547 g/mol. The summed E-state index contributed by atoms with van der Waals surface area (Å²) < 4.78 is 6.28. The summed E-state index contributed by atoms with van der Waals surface area (Å²) in [4.78, 5) is 45.5. The number of nitro benzene ring substituents is 1. The highest BCUT2D eigenvalue weighted by atomic mass is 79.9. The number of nitrogens with one attached hydrogen (secondary N) is 1. The summed E-state index contributed by atoms with van der Waals surface area (Å²) in [5.41, 5.74) is -0.199. The van der Waals surface area contributed by atoms with Gasteiger partial charge in [0.1, 0.15) is 11.3 Å². The molecule has 0 bridgehead atoms. The number of unbranched alkanes of at least 4 members (excludes halogenated alkanes) is 1. The van der Waals surface area contributed by atoms with Crippen LogP contribution in [0.1, 0.15) is 30.1 Å². The minimum absolute atomic E-state index is 0.0912. The Bertz CT molecular complexity index is 1210. The van der Waals surface area contributed by atoms with Crippen molar-refractivity contribution < 1.29 is 19.2 Å². The molecule has 34 heavy (non-hydrogen) atoms. The second kappa shape index (κ2) is 11.5. The molecular weight excluding hydrogens is 530 g/mol. The van der Waals surface area contributed by atoms with E-state index in [1.165, 1.54) is 47.6 Å². The van der Waals surface area contributed by atoms with Gasteiger partial charge in [0.05, 0.1) is 14.4 Å². The lowest BCUT2D eigenvalue weighted by Gasteiger charge is -2.23. The van der Waals surface area contributed by atoms with Crippen LogP contribution < -0.4 is 15.0 Å². The molecule has 3 rings (SSSR count). The average Bonchev–Trinajstić information content (AvgIpc) is 2.82. The molecule has 0 aliphatic carbocycles. The third-order valence-corrected chi connectivity index (χ3v) is 5.28. The number of nitrogens with zero attached hydrogens (tertiary/aromatic N) is 4. The van der Waals surface area contributed by atoms with Gasteiger partial charge in [0, 0.05) is 30.7 Å². The van der Waals surface area contributed by atoms with E-state index in [4.69, 9.17) is 16.3 Å². The number of rotatable bonds is 8. The molecule has 0 aliphatic heterocycles. The highest BCUT2D eigenvalue weighted by Gasteiger charge is 2.24. The number of carbonyl (C=O) groups is 2. The van der Waals surface area contributed by atoms with Crippen LogP contribution in [0.25, 0.3) is 0 Å². The zero-order valence-corrected chi connectivity index (χ0v) is 20.2. The molecule has 0 saturated heterocycles. The molecule has 12 heteroatoms. The summed E-state index contributed by atoms with van der Waals surface area (Å²) in [6.07, 6.45) is 4.48. The largest absolute Gasteiger partial charge is 0.423 e. The van der Waals surface area contributed by atoms with E-state index in [9.17, 15) is 19.7 Å². The molecule has 10 nitrogen and oxygen atoms in total. The number of para-hydroxylation sites is 1. The van der Waals surface area contributed by atoms with Gasteiger partial charge < -0.3 is 4.74 Å². The summed E-state index contributed by atoms with van der Waals surface area (Å²) in [5, 5.41) is 13.6. The van der Waals surface area contributed by atoms with Crippen molar-refractivity contribution >= 4 is 50.8 Å². The van der Waals surface area contributed by atoms with Crippen molar-refractivity contribution in [2.75, 3.05) is 11.4 Å². The molecule has 0 atom stereocenters. The molecule has 0 aliphatic rings. The Hall–Kier alpha value is -3.57. The lowest BCUT2D eigenvalue weighted by atomic mass is 10.1. The first kappa shape index (κ1) is 25.1. The predicted octanol–water partition coefficient (Wildman–Crippen LogP) is 5.75. The second-order valence-corrected chi connectivity index (χ2v) is 8.26. The summed E-state index contributed by atoms with van der Waals surface area (Å²) in [6.45, 7) is 2.25. The third kappa shape index (κ3) is 6.27. The van der Waals surface area contributed by atoms with Gasteiger partial charge in [-0.05, 0) is 46.6 Å². The predicted molar refractivity (Wildman–Crippen MR) is 129 cm³/mol. The second-order valence-electron chi connectivity index (χ2n) is 6.94. The van der Waals surface area contributed by atoms with Crippen LogP contribution in [0.5, 0.6) is 11.8 Å². The van der Waals surface area contributed by atoms with E-state index in [1.54, 1.807) is 12.1 Å². The summed E-state index contributed by atoms with van der Waals surface area (Å²) >= 11 is 9.60. The van der Waals surface area contributed by atoms with Crippen LogP contribution >= 0.6 is 27.5 Å². The number of benzene rings is 2. The quantitative estimate of drug-likeness (QED) is 0.280. The Morgan fingerprint density at radius 2 is 1.91 bits per heavy atom. The Morgan fingerprint density at radius 3 is 2.56 bits per heavy atom. The molecule has 0 fully saturated rings. The number of anilines is 1. The number of hydrogen-bond donors (Lipinski definition) is 1. The lowest BCUT2D eigenvalue weighted by molar-refractivity contribution is -0.385. The maximum atomic E-state index is 13.0. The summed E-state index contributed by atoms with van der Waals surface area (Å²) in [7, 11) is 0. The van der Waals surface area contributed by atoms with E-state index < -0.39 is 22.5 Å². The zero-order chi connectivity index (χ0) is 24.7. The normalized spacial score (nSPS) is 10.4. The molecule has 176 valence electrons. The average molecular weight is 549 g/mol. The summed E-state index contributed by atoms with van der Waals surface area (Å²) in [5.74, 6) is -0.600. The van der Waals surface area contributed by atoms with Crippen molar-refractivity contribution in [2.24, 2.45) is 0 Å². The van der Waals surface area contributed by atoms with E-state index in [1.807, 2.05) is 6.92 Å². The lowest BCUT2D eigenvalue weighted by Crippen LogP contribution is -2.43. The van der Waals surface area contributed by atoms with E-state index >= 15 is 0 Å². The molecule has 2 aromatic carbocycles. The maximum absolute atomic E-state index is 13.0. The number of carbonyl (C=O) groups excluding carboxylic acids is 2. The van der Waals surface area contributed by atoms with E-state index in [2.05, 4.69) is 31.2 Å². The molecule has 1 aromatic heterocycles. The standard InChI is InChI=1S/C22H19BrClN5O5/c1-2-3-10-28(22(31)27-20(30)16-6-4-5-7-18(16)29(32)33)15-8-9-19(17(24)11-15)34-21-25-12-14(23)13-26-21/h4-9,11-13H,2-3,10H2,1H3,(H,27,30,31). The van der Waals surface area contributed by atoms with Crippen molar-refractivity contribution in [3.63, 3.8) is 0 Å². The highest BCUT2D eigenvalue weighted by molar-refractivity contribution is 9.10. The third-order valence-electron chi connectivity index (χ3n) is 4.57. The SMILES string of the molecule is CCCCN(C(=O)NC(=O)c1ccccc1[N+](=O)[O-])c1ccc(Oc2ncc(Br)cn2)c(Cl)c1. The van der Waals surface area contributed by atoms with Crippen LogP contribution in [0.2, 0.25) is 5.02 Å². The number of halogens is 2. The van der Waals surface area contributed by atoms with Crippen molar-refractivity contribution in [3.05, 3.63) is 80.0 Å². The number of urea groups is 1. The smallest absolute Gasteiger partial charge is 0.328 e. The Balaban J connectivity index is 1.81. The fourth-order valence-corrected chi connectivity index (χ4v) is 3.33. The Morgan fingerprint density at radius 1 is 1.21 bits per heavy atom. The van der Waals surface area contributed by atoms with Crippen LogP contribution in [-0.4, -0.2) is 33.4 Å². The van der Waals surface area contributed by atoms with E-state index in [0.29, 0.717) is 23.1 Å². The van der Waals surface area contributed by atoms with Crippen LogP contribution in [-0.2, 0) is 0 Å². The number of aromatic nitrogens is 2. The van der Waals surface area contributed by atoms with Crippen molar-refractivity contribution in [2.45, 2.75) is 19.8 Å². The van der Waals surface area contributed by atoms with E-state index in [0.717, 1.165) is 6.42 Å². The van der Waals surface area contributed by atoms with Crippen LogP contribution in [0.3, 0.4) is 0 Å². The number of nitro groups is 1. The minimum Gasteiger partial charge on any atom is -0.423 e. The molecular formula is C22H19BrClN5O5. The van der Waals surface area contributed by atoms with Crippen LogP contribution in [0.15, 0.2) is 59.3 Å². The van der Waals surface area contributed by atoms with Gasteiger partial charge in [-0.1, -0.05) is 37.1 Å². The van der Waals surface area contributed by atoms with Gasteiger partial charge in [-0.25, -0.2) is 14.8 Å². The van der Waals surface area contributed by atoms with E-state index in [-0.39, 0.29) is 22.3 Å². The Kier molecular flexibility index (Phi) is 8.50. The van der Waals surface area contributed by atoms with Crippen LogP contribution in [0, 0.1) is 10.1 Å². The van der Waals surface area contributed by atoms with Crippen molar-refractivity contribution in [1.82, 2.24) is 15.3 Å². The summed E-state index contributed by atoms with van der Waals surface area (Å²) in [6, 6.07) is 9.42. The van der Waals surface area contributed by atoms with Crippen LogP contribution in [0.4, 0.5) is 16.2 Å². The first-order chi connectivity index (χ1) is 16.3.